The molecule has 0 aromatic carbocycles. The van der Waals surface area contributed by atoms with Crippen molar-refractivity contribution < 1.29 is 0 Å². The number of hydrogen-bond donors (Lipinski definition) is 1. The lowest BCUT2D eigenvalue weighted by atomic mass is 9.99. The molecule has 2 nitrogen and oxygen atoms in total. The summed E-state index contributed by atoms with van der Waals surface area (Å²) in [5.74, 6) is 0.867. The van der Waals surface area contributed by atoms with Crippen molar-refractivity contribution in [2.45, 2.75) is 51.6 Å². The molecule has 88 valence electrons. The molecule has 1 aliphatic carbocycles. The second kappa shape index (κ2) is 5.44. The highest BCUT2D eigenvalue weighted by molar-refractivity contribution is 5.08. The SMILES string of the molecule is CCC1CCCC1N[C@@H](C)c1ccccn1. The average Bonchev–Trinajstić information content (AvgIpc) is 2.77. The Kier molecular flexibility index (Phi) is 3.94. The van der Waals surface area contributed by atoms with Gasteiger partial charge in [0, 0.05) is 18.3 Å². The van der Waals surface area contributed by atoms with E-state index in [1.807, 2.05) is 12.3 Å². The van der Waals surface area contributed by atoms with Gasteiger partial charge < -0.3 is 5.32 Å². The van der Waals surface area contributed by atoms with Gasteiger partial charge in [-0.2, -0.15) is 0 Å². The molecule has 1 saturated carbocycles. The van der Waals surface area contributed by atoms with E-state index in [-0.39, 0.29) is 0 Å². The first-order valence-electron chi connectivity index (χ1n) is 6.48. The molecule has 1 aromatic rings. The van der Waals surface area contributed by atoms with E-state index in [0.717, 1.165) is 11.6 Å². The van der Waals surface area contributed by atoms with Crippen LogP contribution in [-0.2, 0) is 0 Å². The number of pyridine rings is 1. The zero-order valence-corrected chi connectivity index (χ0v) is 10.3. The van der Waals surface area contributed by atoms with E-state index in [0.29, 0.717) is 12.1 Å². The molecule has 2 heteroatoms. The standard InChI is InChI=1S/C14H22N2/c1-3-12-7-6-9-14(12)16-11(2)13-8-4-5-10-15-13/h4-5,8,10-12,14,16H,3,6-7,9H2,1-2H3/t11-,12?,14?/m0/s1. The van der Waals surface area contributed by atoms with Gasteiger partial charge in [0.2, 0.25) is 0 Å². The fourth-order valence-corrected chi connectivity index (χ4v) is 2.78. The molecular formula is C14H22N2. The number of hydrogen-bond acceptors (Lipinski definition) is 2. The van der Waals surface area contributed by atoms with E-state index >= 15 is 0 Å². The Balaban J connectivity index is 1.94. The van der Waals surface area contributed by atoms with Crippen molar-refractivity contribution in [3.63, 3.8) is 0 Å². The Bertz CT molecular complexity index is 310. The first-order chi connectivity index (χ1) is 7.81. The second-order valence-electron chi connectivity index (χ2n) is 4.85. The summed E-state index contributed by atoms with van der Waals surface area (Å²) in [6, 6.07) is 7.21. The zero-order chi connectivity index (χ0) is 11.4. The maximum absolute atomic E-state index is 4.41. The van der Waals surface area contributed by atoms with E-state index in [1.54, 1.807) is 0 Å². The minimum absolute atomic E-state index is 0.373. The third-order valence-electron chi connectivity index (χ3n) is 3.78. The summed E-state index contributed by atoms with van der Waals surface area (Å²) < 4.78 is 0. The lowest BCUT2D eigenvalue weighted by Crippen LogP contribution is -2.34. The molecule has 16 heavy (non-hydrogen) atoms. The Morgan fingerprint density at radius 3 is 3.00 bits per heavy atom. The van der Waals surface area contributed by atoms with E-state index in [9.17, 15) is 0 Å². The molecular weight excluding hydrogens is 196 g/mol. The summed E-state index contributed by atoms with van der Waals surface area (Å²) in [6.07, 6.45) is 7.27. The van der Waals surface area contributed by atoms with Crippen LogP contribution in [0.3, 0.4) is 0 Å². The highest BCUT2D eigenvalue weighted by Gasteiger charge is 2.26. The highest BCUT2D eigenvalue weighted by Crippen LogP contribution is 2.29. The molecule has 0 amide bonds. The predicted molar refractivity (Wildman–Crippen MR) is 67.2 cm³/mol. The van der Waals surface area contributed by atoms with Gasteiger partial charge in [-0.15, -0.1) is 0 Å². The monoisotopic (exact) mass is 218 g/mol. The molecule has 2 rings (SSSR count). The number of nitrogens with zero attached hydrogens (tertiary/aromatic N) is 1. The predicted octanol–water partition coefficient (Wildman–Crippen LogP) is 3.31. The zero-order valence-electron chi connectivity index (χ0n) is 10.3. The van der Waals surface area contributed by atoms with Crippen molar-refractivity contribution in [3.8, 4) is 0 Å². The van der Waals surface area contributed by atoms with Crippen LogP contribution in [0.5, 0.6) is 0 Å². The van der Waals surface area contributed by atoms with Crippen molar-refractivity contribution in [2.24, 2.45) is 5.92 Å². The lowest BCUT2D eigenvalue weighted by molar-refractivity contribution is 0.357. The Morgan fingerprint density at radius 2 is 2.31 bits per heavy atom. The van der Waals surface area contributed by atoms with Crippen molar-refractivity contribution in [1.82, 2.24) is 10.3 Å². The first kappa shape index (κ1) is 11.6. The lowest BCUT2D eigenvalue weighted by Gasteiger charge is -2.24. The number of nitrogens with one attached hydrogen (secondary N) is 1. The van der Waals surface area contributed by atoms with Crippen molar-refractivity contribution in [1.29, 1.82) is 0 Å². The third kappa shape index (κ3) is 2.62. The maximum atomic E-state index is 4.41. The fourth-order valence-electron chi connectivity index (χ4n) is 2.78. The summed E-state index contributed by atoms with van der Waals surface area (Å²) >= 11 is 0. The van der Waals surface area contributed by atoms with Gasteiger partial charge in [0.15, 0.2) is 0 Å². The van der Waals surface area contributed by atoms with Crippen LogP contribution in [0, 0.1) is 5.92 Å². The van der Waals surface area contributed by atoms with Crippen LogP contribution in [-0.4, -0.2) is 11.0 Å². The third-order valence-corrected chi connectivity index (χ3v) is 3.78. The Labute approximate surface area is 98.5 Å². The summed E-state index contributed by atoms with van der Waals surface area (Å²) in [6.45, 7) is 4.52. The van der Waals surface area contributed by atoms with Crippen molar-refractivity contribution >= 4 is 0 Å². The average molecular weight is 218 g/mol. The van der Waals surface area contributed by atoms with Crippen molar-refractivity contribution in [3.05, 3.63) is 30.1 Å². The van der Waals surface area contributed by atoms with Crippen LogP contribution in [0.4, 0.5) is 0 Å². The van der Waals surface area contributed by atoms with Gasteiger partial charge in [-0.1, -0.05) is 25.8 Å². The van der Waals surface area contributed by atoms with Gasteiger partial charge in [0.25, 0.3) is 0 Å². The molecule has 1 aromatic heterocycles. The van der Waals surface area contributed by atoms with Crippen LogP contribution < -0.4 is 5.32 Å². The summed E-state index contributed by atoms with van der Waals surface area (Å²) in [5, 5.41) is 3.73. The highest BCUT2D eigenvalue weighted by atomic mass is 15.0. The largest absolute Gasteiger partial charge is 0.306 e. The molecule has 0 bridgehead atoms. The van der Waals surface area contributed by atoms with Crippen LogP contribution in [0.1, 0.15) is 51.3 Å². The fraction of sp³-hybridized carbons (Fsp3) is 0.643. The van der Waals surface area contributed by atoms with Gasteiger partial charge in [-0.25, -0.2) is 0 Å². The van der Waals surface area contributed by atoms with Crippen LogP contribution in [0.15, 0.2) is 24.4 Å². The smallest absolute Gasteiger partial charge is 0.0570 e. The molecule has 2 unspecified atom stereocenters. The van der Waals surface area contributed by atoms with E-state index in [1.165, 1.54) is 25.7 Å². The van der Waals surface area contributed by atoms with Crippen LogP contribution in [0.25, 0.3) is 0 Å². The topological polar surface area (TPSA) is 24.9 Å². The molecule has 1 heterocycles. The molecule has 0 saturated heterocycles. The minimum atomic E-state index is 0.373. The first-order valence-corrected chi connectivity index (χ1v) is 6.48. The summed E-state index contributed by atoms with van der Waals surface area (Å²) in [7, 11) is 0. The Morgan fingerprint density at radius 1 is 1.44 bits per heavy atom. The number of aromatic nitrogens is 1. The van der Waals surface area contributed by atoms with E-state index in [4.69, 9.17) is 0 Å². The van der Waals surface area contributed by atoms with E-state index in [2.05, 4.69) is 36.3 Å². The van der Waals surface area contributed by atoms with Gasteiger partial charge in [0.05, 0.1) is 5.69 Å². The quantitative estimate of drug-likeness (QED) is 0.838. The molecule has 1 fully saturated rings. The molecule has 0 radical (unpaired) electrons. The molecule has 3 atom stereocenters. The molecule has 0 aliphatic heterocycles. The minimum Gasteiger partial charge on any atom is -0.306 e. The molecule has 1 N–H and O–H groups in total. The van der Waals surface area contributed by atoms with E-state index < -0.39 is 0 Å². The molecule has 1 aliphatic rings. The normalized spacial score (nSPS) is 26.9. The maximum Gasteiger partial charge on any atom is 0.0570 e. The summed E-state index contributed by atoms with van der Waals surface area (Å²) in [5.41, 5.74) is 1.16. The molecule has 0 spiro atoms. The van der Waals surface area contributed by atoms with Gasteiger partial charge in [-0.3, -0.25) is 4.98 Å². The van der Waals surface area contributed by atoms with Gasteiger partial charge in [0.1, 0.15) is 0 Å². The second-order valence-corrected chi connectivity index (χ2v) is 4.85. The van der Waals surface area contributed by atoms with Gasteiger partial charge >= 0.3 is 0 Å². The number of rotatable bonds is 4. The Hall–Kier alpha value is -0.890. The van der Waals surface area contributed by atoms with Crippen molar-refractivity contribution in [2.75, 3.05) is 0 Å². The van der Waals surface area contributed by atoms with Crippen LogP contribution >= 0.6 is 0 Å². The van der Waals surface area contributed by atoms with Gasteiger partial charge in [-0.05, 0) is 37.8 Å². The van der Waals surface area contributed by atoms with Crippen LogP contribution in [0.2, 0.25) is 0 Å². The summed E-state index contributed by atoms with van der Waals surface area (Å²) in [4.78, 5) is 4.41.